The van der Waals surface area contributed by atoms with Gasteiger partial charge < -0.3 is 25.2 Å². The number of aliphatic hydroxyl groups excluding tert-OH is 1. The van der Waals surface area contributed by atoms with Crippen LogP contribution in [0.15, 0.2) is 0 Å². The van der Waals surface area contributed by atoms with Gasteiger partial charge in [-0.05, 0) is 6.92 Å². The fourth-order valence-corrected chi connectivity index (χ4v) is 1.00. The topological polar surface area (TPSA) is 99.1 Å². The Labute approximate surface area is 94.0 Å². The van der Waals surface area contributed by atoms with Crippen molar-refractivity contribution in [2.75, 3.05) is 33.4 Å². The largest absolute Gasteiger partial charge is 0.480 e. The van der Waals surface area contributed by atoms with Crippen molar-refractivity contribution in [3.63, 3.8) is 0 Å². The molecule has 7 heteroatoms. The second-order valence-electron chi connectivity index (χ2n) is 3.41. The maximum absolute atomic E-state index is 11.3. The van der Waals surface area contributed by atoms with Crippen LogP contribution in [0.3, 0.4) is 0 Å². The highest BCUT2D eigenvalue weighted by Gasteiger charge is 2.09. The molecule has 3 N–H and O–H groups in total. The van der Waals surface area contributed by atoms with Crippen molar-refractivity contribution < 1.29 is 24.5 Å². The fraction of sp³-hybridized carbons (Fsp3) is 0.778. The summed E-state index contributed by atoms with van der Waals surface area (Å²) >= 11 is 0. The molecule has 1 unspecified atom stereocenters. The lowest BCUT2D eigenvalue weighted by Crippen LogP contribution is -2.41. The molecular weight excluding hydrogens is 216 g/mol. The van der Waals surface area contributed by atoms with Crippen LogP contribution < -0.4 is 5.32 Å². The maximum atomic E-state index is 11.3. The SMILES string of the molecule is CC(O)CN(C)C(=O)NCCOCC(=O)O. The molecule has 16 heavy (non-hydrogen) atoms. The third-order valence-electron chi connectivity index (χ3n) is 1.63. The molecule has 94 valence electrons. The summed E-state index contributed by atoms with van der Waals surface area (Å²) in [5.41, 5.74) is 0. The molecule has 0 radical (unpaired) electrons. The first-order valence-electron chi connectivity index (χ1n) is 4.90. The number of hydrogen-bond donors (Lipinski definition) is 3. The molecule has 0 aliphatic carbocycles. The smallest absolute Gasteiger partial charge is 0.329 e. The molecule has 0 aromatic heterocycles. The van der Waals surface area contributed by atoms with Crippen molar-refractivity contribution in [3.8, 4) is 0 Å². The summed E-state index contributed by atoms with van der Waals surface area (Å²) in [5, 5.41) is 19.8. The molecule has 0 aliphatic heterocycles. The first-order valence-corrected chi connectivity index (χ1v) is 4.90. The third kappa shape index (κ3) is 8.01. The lowest BCUT2D eigenvalue weighted by molar-refractivity contribution is -0.142. The van der Waals surface area contributed by atoms with E-state index in [0.717, 1.165) is 0 Å². The van der Waals surface area contributed by atoms with Crippen molar-refractivity contribution in [3.05, 3.63) is 0 Å². The Kier molecular flexibility index (Phi) is 7.23. The average Bonchev–Trinajstić information content (AvgIpc) is 2.15. The van der Waals surface area contributed by atoms with Gasteiger partial charge in [0.25, 0.3) is 0 Å². The molecule has 0 saturated heterocycles. The number of urea groups is 1. The number of aliphatic carboxylic acids is 1. The second kappa shape index (κ2) is 7.89. The van der Waals surface area contributed by atoms with E-state index >= 15 is 0 Å². The number of carbonyl (C=O) groups is 2. The highest BCUT2D eigenvalue weighted by atomic mass is 16.5. The van der Waals surface area contributed by atoms with Crippen molar-refractivity contribution >= 4 is 12.0 Å². The quantitative estimate of drug-likeness (QED) is 0.496. The minimum Gasteiger partial charge on any atom is -0.480 e. The summed E-state index contributed by atoms with van der Waals surface area (Å²) in [6.45, 7) is 1.82. The number of aliphatic hydroxyl groups is 1. The maximum Gasteiger partial charge on any atom is 0.329 e. The number of likely N-dealkylation sites (N-methyl/N-ethyl adjacent to an activating group) is 1. The van der Waals surface area contributed by atoms with E-state index in [1.165, 1.54) is 4.90 Å². The van der Waals surface area contributed by atoms with E-state index in [1.54, 1.807) is 14.0 Å². The van der Waals surface area contributed by atoms with Crippen LogP contribution in [0.1, 0.15) is 6.92 Å². The lowest BCUT2D eigenvalue weighted by Gasteiger charge is -2.19. The van der Waals surface area contributed by atoms with Gasteiger partial charge in [-0.3, -0.25) is 0 Å². The number of ether oxygens (including phenoxy) is 1. The zero-order valence-electron chi connectivity index (χ0n) is 9.47. The summed E-state index contributed by atoms with van der Waals surface area (Å²) in [6, 6.07) is -0.333. The van der Waals surface area contributed by atoms with E-state index in [2.05, 4.69) is 5.32 Å². The van der Waals surface area contributed by atoms with Crippen molar-refractivity contribution in [2.45, 2.75) is 13.0 Å². The van der Waals surface area contributed by atoms with Crippen LogP contribution in [-0.2, 0) is 9.53 Å². The molecule has 0 saturated carbocycles. The van der Waals surface area contributed by atoms with E-state index in [4.69, 9.17) is 14.9 Å². The first kappa shape index (κ1) is 14.7. The normalized spacial score (nSPS) is 11.9. The Morgan fingerprint density at radius 1 is 1.50 bits per heavy atom. The molecular formula is C9H18N2O5. The minimum absolute atomic E-state index is 0.139. The van der Waals surface area contributed by atoms with Gasteiger partial charge in [0.1, 0.15) is 6.61 Å². The number of nitrogens with one attached hydrogen (secondary N) is 1. The monoisotopic (exact) mass is 234 g/mol. The number of carboxylic acid groups (broad SMARTS) is 1. The summed E-state index contributed by atoms with van der Waals surface area (Å²) in [7, 11) is 1.56. The van der Waals surface area contributed by atoms with E-state index in [9.17, 15) is 9.59 Å². The van der Waals surface area contributed by atoms with E-state index in [0.29, 0.717) is 0 Å². The highest BCUT2D eigenvalue weighted by molar-refractivity contribution is 5.73. The zero-order valence-corrected chi connectivity index (χ0v) is 9.47. The van der Waals surface area contributed by atoms with E-state index in [-0.39, 0.29) is 32.3 Å². The van der Waals surface area contributed by atoms with Gasteiger partial charge in [0.05, 0.1) is 12.7 Å². The predicted molar refractivity (Wildman–Crippen MR) is 56.2 cm³/mol. The summed E-state index contributed by atoms with van der Waals surface area (Å²) in [6.07, 6.45) is -0.584. The number of carboxylic acids is 1. The Bertz CT molecular complexity index is 232. The molecule has 0 rings (SSSR count). The summed E-state index contributed by atoms with van der Waals surface area (Å²) in [4.78, 5) is 22.7. The van der Waals surface area contributed by atoms with Crippen LogP contribution in [0.2, 0.25) is 0 Å². The Morgan fingerprint density at radius 2 is 2.12 bits per heavy atom. The number of rotatable bonds is 7. The van der Waals surface area contributed by atoms with Gasteiger partial charge in [-0.15, -0.1) is 0 Å². The molecule has 2 amide bonds. The van der Waals surface area contributed by atoms with Crippen LogP contribution >= 0.6 is 0 Å². The Hall–Kier alpha value is -1.34. The van der Waals surface area contributed by atoms with Gasteiger partial charge >= 0.3 is 12.0 Å². The summed E-state index contributed by atoms with van der Waals surface area (Å²) < 4.78 is 4.72. The van der Waals surface area contributed by atoms with Gasteiger partial charge in [0.2, 0.25) is 0 Å². The van der Waals surface area contributed by atoms with Gasteiger partial charge in [-0.2, -0.15) is 0 Å². The molecule has 0 aromatic rings. The van der Waals surface area contributed by atoms with E-state index in [1.807, 2.05) is 0 Å². The van der Waals surface area contributed by atoms with Crippen molar-refractivity contribution in [1.82, 2.24) is 10.2 Å². The standard InChI is InChI=1S/C9H18N2O5/c1-7(12)5-11(2)9(15)10-3-4-16-6-8(13)14/h7,12H,3-6H2,1-2H3,(H,10,15)(H,13,14). The molecule has 0 bridgehead atoms. The summed E-state index contributed by atoms with van der Waals surface area (Å²) in [5.74, 6) is -1.04. The van der Waals surface area contributed by atoms with E-state index < -0.39 is 12.1 Å². The molecule has 7 nitrogen and oxygen atoms in total. The van der Waals surface area contributed by atoms with Gasteiger partial charge in [0, 0.05) is 20.1 Å². The number of nitrogens with zero attached hydrogens (tertiary/aromatic N) is 1. The van der Waals surface area contributed by atoms with Crippen LogP contribution in [0.5, 0.6) is 0 Å². The highest BCUT2D eigenvalue weighted by Crippen LogP contribution is 1.88. The van der Waals surface area contributed by atoms with Crippen molar-refractivity contribution in [1.29, 1.82) is 0 Å². The Morgan fingerprint density at radius 3 is 2.62 bits per heavy atom. The first-order chi connectivity index (χ1) is 7.43. The van der Waals surface area contributed by atoms with Crippen LogP contribution in [-0.4, -0.2) is 66.6 Å². The van der Waals surface area contributed by atoms with Crippen LogP contribution in [0, 0.1) is 0 Å². The average molecular weight is 234 g/mol. The minimum atomic E-state index is -1.04. The Balaban J connectivity index is 3.53. The van der Waals surface area contributed by atoms with Gasteiger partial charge in [0.15, 0.2) is 0 Å². The van der Waals surface area contributed by atoms with Crippen molar-refractivity contribution in [2.24, 2.45) is 0 Å². The number of carbonyl (C=O) groups excluding carboxylic acids is 1. The number of hydrogen-bond acceptors (Lipinski definition) is 4. The number of amides is 2. The molecule has 1 atom stereocenters. The third-order valence-corrected chi connectivity index (χ3v) is 1.63. The lowest BCUT2D eigenvalue weighted by atomic mass is 10.4. The van der Waals surface area contributed by atoms with Crippen LogP contribution in [0.25, 0.3) is 0 Å². The fourth-order valence-electron chi connectivity index (χ4n) is 1.00. The zero-order chi connectivity index (χ0) is 12.6. The molecule has 0 heterocycles. The molecule has 0 spiro atoms. The van der Waals surface area contributed by atoms with Gasteiger partial charge in [-0.1, -0.05) is 0 Å². The molecule has 0 aliphatic rings. The molecule has 0 aromatic carbocycles. The van der Waals surface area contributed by atoms with Crippen LogP contribution in [0.4, 0.5) is 4.79 Å². The molecule has 0 fully saturated rings. The predicted octanol–water partition coefficient (Wildman–Crippen LogP) is -0.890. The van der Waals surface area contributed by atoms with Gasteiger partial charge in [-0.25, -0.2) is 9.59 Å². The second-order valence-corrected chi connectivity index (χ2v) is 3.41.